The van der Waals surface area contributed by atoms with E-state index in [2.05, 4.69) is 6.92 Å². The highest BCUT2D eigenvalue weighted by Gasteiger charge is 2.72. The lowest BCUT2D eigenvalue weighted by Crippen LogP contribution is -2.58. The number of carbonyl (C=O) groups is 3. The third-order valence-corrected chi connectivity index (χ3v) is 7.63. The summed E-state index contributed by atoms with van der Waals surface area (Å²) in [6.45, 7) is 2.85. The van der Waals surface area contributed by atoms with Crippen molar-refractivity contribution in [3.05, 3.63) is 60.2 Å². The molecule has 0 saturated carbocycles. The van der Waals surface area contributed by atoms with Crippen molar-refractivity contribution in [3.63, 3.8) is 0 Å². The Morgan fingerprint density at radius 1 is 1.14 bits per heavy atom. The number of cyclic esters (lactones) is 1. The Morgan fingerprint density at radius 3 is 2.69 bits per heavy atom. The molecule has 0 radical (unpaired) electrons. The van der Waals surface area contributed by atoms with E-state index in [0.717, 1.165) is 18.4 Å². The molecule has 0 aliphatic carbocycles. The van der Waals surface area contributed by atoms with Crippen LogP contribution in [0.5, 0.6) is 0 Å². The normalized spacial score (nSPS) is 32.6. The molecule has 0 bridgehead atoms. The van der Waals surface area contributed by atoms with E-state index in [1.54, 1.807) is 17.1 Å². The highest BCUT2D eigenvalue weighted by Crippen LogP contribution is 2.53. The second kappa shape index (κ2) is 9.59. The average molecular weight is 481 g/mol. The molecule has 4 heterocycles. The molecule has 8 nitrogen and oxygen atoms in total. The monoisotopic (exact) mass is 480 g/mol. The van der Waals surface area contributed by atoms with Gasteiger partial charge in [0.05, 0.1) is 24.7 Å². The number of aliphatic hydroxyl groups is 1. The fourth-order valence-electron chi connectivity index (χ4n) is 6.04. The minimum atomic E-state index is -1.30. The van der Waals surface area contributed by atoms with Gasteiger partial charge in [-0.15, -0.1) is 0 Å². The molecule has 4 aliphatic rings. The van der Waals surface area contributed by atoms with Crippen molar-refractivity contribution in [1.29, 1.82) is 0 Å². The van der Waals surface area contributed by atoms with Gasteiger partial charge in [0.2, 0.25) is 11.8 Å². The van der Waals surface area contributed by atoms with E-state index in [1.165, 1.54) is 4.90 Å². The van der Waals surface area contributed by atoms with E-state index in [0.29, 0.717) is 19.5 Å². The van der Waals surface area contributed by atoms with Crippen molar-refractivity contribution >= 4 is 17.8 Å². The predicted octanol–water partition coefficient (Wildman–Crippen LogP) is 1.48. The molecular formula is C27H32N2O6. The number of rotatable bonds is 7. The van der Waals surface area contributed by atoms with Gasteiger partial charge in [0, 0.05) is 13.1 Å². The van der Waals surface area contributed by atoms with Crippen LogP contribution in [-0.4, -0.2) is 82.8 Å². The first-order valence-corrected chi connectivity index (χ1v) is 12.5. The fraction of sp³-hybridized carbons (Fsp3) is 0.519. The van der Waals surface area contributed by atoms with Crippen LogP contribution in [0.3, 0.4) is 0 Å². The first kappa shape index (κ1) is 23.8. The summed E-state index contributed by atoms with van der Waals surface area (Å²) in [7, 11) is 0. The van der Waals surface area contributed by atoms with Crippen LogP contribution in [0.2, 0.25) is 0 Å². The van der Waals surface area contributed by atoms with Crippen LogP contribution >= 0.6 is 0 Å². The summed E-state index contributed by atoms with van der Waals surface area (Å²) in [5, 5.41) is 10.4. The van der Waals surface area contributed by atoms with Crippen LogP contribution in [0.25, 0.3) is 0 Å². The van der Waals surface area contributed by atoms with Gasteiger partial charge in [-0.2, -0.15) is 0 Å². The molecule has 1 N–H and O–H groups in total. The van der Waals surface area contributed by atoms with Gasteiger partial charge in [-0.25, -0.2) is 0 Å². The number of unbranched alkanes of at least 4 members (excludes halogenated alkanes) is 1. The predicted molar refractivity (Wildman–Crippen MR) is 127 cm³/mol. The van der Waals surface area contributed by atoms with Gasteiger partial charge in [0.25, 0.3) is 0 Å². The van der Waals surface area contributed by atoms with Crippen molar-refractivity contribution in [1.82, 2.24) is 9.80 Å². The fourth-order valence-corrected chi connectivity index (χ4v) is 6.04. The van der Waals surface area contributed by atoms with Gasteiger partial charge < -0.3 is 24.4 Å². The second-order valence-electron chi connectivity index (χ2n) is 9.71. The molecule has 0 aromatic heterocycles. The lowest BCUT2D eigenvalue weighted by Gasteiger charge is -2.38. The van der Waals surface area contributed by atoms with E-state index < -0.39 is 41.6 Å². The van der Waals surface area contributed by atoms with Crippen LogP contribution < -0.4 is 0 Å². The SMILES string of the molecule is CCCCN1CC=C[C@]23O[C@H]4C=CCOC(=O)[C@H]4[C@H]2C(=O)N([C@@H](CO)Cc2ccccc2)C3C1=O. The minimum Gasteiger partial charge on any atom is -0.461 e. The van der Waals surface area contributed by atoms with Crippen LogP contribution in [0.4, 0.5) is 0 Å². The highest BCUT2D eigenvalue weighted by molar-refractivity contribution is 5.99. The lowest BCUT2D eigenvalue weighted by atomic mass is 9.78. The third kappa shape index (κ3) is 3.89. The number of fused-ring (bicyclic) bond motifs is 2. The molecule has 186 valence electrons. The first-order valence-electron chi connectivity index (χ1n) is 12.5. The topological polar surface area (TPSA) is 96.4 Å². The smallest absolute Gasteiger partial charge is 0.313 e. The van der Waals surface area contributed by atoms with Gasteiger partial charge >= 0.3 is 5.97 Å². The Morgan fingerprint density at radius 2 is 1.94 bits per heavy atom. The summed E-state index contributed by atoms with van der Waals surface area (Å²) in [5.74, 6) is -2.79. The summed E-state index contributed by atoms with van der Waals surface area (Å²) < 4.78 is 11.9. The number of esters is 1. The maximum atomic E-state index is 14.1. The number of nitrogens with zero attached hydrogens (tertiary/aromatic N) is 2. The molecule has 2 amide bonds. The molecule has 1 spiro atoms. The highest BCUT2D eigenvalue weighted by atomic mass is 16.6. The largest absolute Gasteiger partial charge is 0.461 e. The maximum absolute atomic E-state index is 14.1. The van der Waals surface area contributed by atoms with E-state index in [-0.39, 0.29) is 25.0 Å². The first-order chi connectivity index (χ1) is 17.0. The summed E-state index contributed by atoms with van der Waals surface area (Å²) in [6, 6.07) is 7.97. The van der Waals surface area contributed by atoms with E-state index >= 15 is 0 Å². The number of aliphatic hydroxyl groups excluding tert-OH is 1. The maximum Gasteiger partial charge on any atom is 0.313 e. The summed E-state index contributed by atoms with van der Waals surface area (Å²) in [4.78, 5) is 44.4. The zero-order valence-corrected chi connectivity index (χ0v) is 19.9. The zero-order chi connectivity index (χ0) is 24.6. The van der Waals surface area contributed by atoms with Crippen molar-refractivity contribution < 1.29 is 29.0 Å². The van der Waals surface area contributed by atoms with Crippen LogP contribution in [0, 0.1) is 11.8 Å². The standard InChI is InChI=1S/C27H32N2O6/c1-2-3-13-28-14-8-12-27-22(21-20(35-27)11-7-15-34-26(21)33)24(31)29(23(27)25(28)32)19(17-30)16-18-9-5-4-6-10-18/h4-12,19-23,30H,2-3,13-17H2,1H3/t19-,20+,21-,22+,23?,27+/m1/s1. The quantitative estimate of drug-likeness (QED) is 0.469. The van der Waals surface area contributed by atoms with E-state index in [1.807, 2.05) is 42.5 Å². The lowest BCUT2D eigenvalue weighted by molar-refractivity contribution is -0.155. The molecule has 8 heteroatoms. The van der Waals surface area contributed by atoms with E-state index in [9.17, 15) is 19.5 Å². The molecule has 35 heavy (non-hydrogen) atoms. The van der Waals surface area contributed by atoms with Gasteiger partial charge in [-0.1, -0.05) is 61.9 Å². The molecule has 2 fully saturated rings. The minimum absolute atomic E-state index is 0.128. The van der Waals surface area contributed by atoms with Crippen molar-refractivity contribution in [2.75, 3.05) is 26.3 Å². The van der Waals surface area contributed by atoms with Crippen molar-refractivity contribution in [3.8, 4) is 0 Å². The van der Waals surface area contributed by atoms with Crippen LogP contribution in [0.15, 0.2) is 54.6 Å². The van der Waals surface area contributed by atoms with Gasteiger partial charge in [-0.3, -0.25) is 14.4 Å². The zero-order valence-electron chi connectivity index (χ0n) is 19.9. The number of amides is 2. The molecule has 4 aliphatic heterocycles. The molecule has 6 atom stereocenters. The van der Waals surface area contributed by atoms with Crippen LogP contribution in [0.1, 0.15) is 25.3 Å². The molecule has 1 aromatic rings. The summed E-state index contributed by atoms with van der Waals surface area (Å²) >= 11 is 0. The summed E-state index contributed by atoms with van der Waals surface area (Å²) in [5.41, 5.74) is -0.351. The Hall–Kier alpha value is -2.97. The van der Waals surface area contributed by atoms with Crippen LogP contribution in [-0.2, 0) is 30.3 Å². The van der Waals surface area contributed by atoms with Crippen molar-refractivity contribution in [2.45, 2.75) is 50.0 Å². The number of carbonyl (C=O) groups excluding carboxylic acids is 3. The molecule has 2 saturated heterocycles. The summed E-state index contributed by atoms with van der Waals surface area (Å²) in [6.07, 6.45) is 8.68. The van der Waals surface area contributed by atoms with E-state index in [4.69, 9.17) is 9.47 Å². The van der Waals surface area contributed by atoms with Crippen molar-refractivity contribution in [2.24, 2.45) is 11.8 Å². The van der Waals surface area contributed by atoms with Gasteiger partial charge in [0.15, 0.2) is 0 Å². The number of benzene rings is 1. The average Bonchev–Trinajstić information content (AvgIpc) is 3.17. The van der Waals surface area contributed by atoms with Gasteiger partial charge in [0.1, 0.15) is 24.2 Å². The number of hydrogen-bond acceptors (Lipinski definition) is 6. The Kier molecular flexibility index (Phi) is 6.51. The Labute approximate surface area is 205 Å². The molecule has 1 aromatic carbocycles. The third-order valence-electron chi connectivity index (χ3n) is 7.63. The molecular weight excluding hydrogens is 448 g/mol. The Balaban J connectivity index is 1.59. The van der Waals surface area contributed by atoms with Gasteiger partial charge in [-0.05, 0) is 24.5 Å². The number of likely N-dealkylation sites (tertiary alicyclic amines) is 1. The molecule has 1 unspecified atom stereocenters. The number of hydrogen-bond donors (Lipinski definition) is 1. The Bertz CT molecular complexity index is 1040. The molecule has 5 rings (SSSR count). The number of ether oxygens (including phenoxy) is 2. The second-order valence-corrected chi connectivity index (χ2v) is 9.71.